The van der Waals surface area contributed by atoms with Crippen molar-refractivity contribution < 1.29 is 4.79 Å². The molecule has 2 aromatic heterocycles. The van der Waals surface area contributed by atoms with Crippen LogP contribution in [0.15, 0.2) is 54.9 Å². The summed E-state index contributed by atoms with van der Waals surface area (Å²) < 4.78 is 0. The van der Waals surface area contributed by atoms with Gasteiger partial charge < -0.3 is 10.3 Å². The Kier molecular flexibility index (Phi) is 4.96. The van der Waals surface area contributed by atoms with Crippen molar-refractivity contribution in [3.8, 4) is 0 Å². The number of fused-ring (bicyclic) bond motifs is 1. The van der Waals surface area contributed by atoms with Crippen molar-refractivity contribution in [3.05, 3.63) is 66.1 Å². The summed E-state index contributed by atoms with van der Waals surface area (Å²) in [5.41, 5.74) is 2.55. The van der Waals surface area contributed by atoms with E-state index in [9.17, 15) is 4.79 Å². The lowest BCUT2D eigenvalue weighted by molar-refractivity contribution is -0.126. The first-order valence-corrected chi connectivity index (χ1v) is 10.3. The van der Waals surface area contributed by atoms with E-state index < -0.39 is 5.41 Å². The third-order valence-electron chi connectivity index (χ3n) is 6.44. The van der Waals surface area contributed by atoms with Crippen molar-refractivity contribution in [2.75, 3.05) is 6.54 Å². The van der Waals surface area contributed by atoms with Gasteiger partial charge in [-0.2, -0.15) is 0 Å². The van der Waals surface area contributed by atoms with Crippen LogP contribution in [0.3, 0.4) is 0 Å². The lowest BCUT2D eigenvalue weighted by Crippen LogP contribution is -2.47. The van der Waals surface area contributed by atoms with Crippen LogP contribution in [0, 0.1) is 0 Å². The molecule has 3 aromatic rings. The molecule has 0 saturated heterocycles. The van der Waals surface area contributed by atoms with E-state index in [1.54, 1.807) is 0 Å². The van der Waals surface area contributed by atoms with Crippen LogP contribution in [-0.4, -0.2) is 22.4 Å². The van der Waals surface area contributed by atoms with E-state index in [0.717, 1.165) is 35.0 Å². The molecule has 0 bridgehead atoms. The molecule has 2 heterocycles. The van der Waals surface area contributed by atoms with Crippen molar-refractivity contribution in [2.45, 2.75) is 56.8 Å². The molecular weight excluding hydrogens is 346 g/mol. The zero-order valence-electron chi connectivity index (χ0n) is 16.8. The summed E-state index contributed by atoms with van der Waals surface area (Å²) in [6.45, 7) is 4.66. The molecule has 2 N–H and O–H groups in total. The van der Waals surface area contributed by atoms with Gasteiger partial charge in [-0.05, 0) is 50.5 Å². The third kappa shape index (κ3) is 3.32. The highest BCUT2D eigenvalue weighted by Crippen LogP contribution is 2.38. The van der Waals surface area contributed by atoms with E-state index in [2.05, 4.69) is 33.5 Å². The normalized spacial score (nSPS) is 16.8. The Morgan fingerprint density at radius 2 is 1.86 bits per heavy atom. The van der Waals surface area contributed by atoms with Crippen molar-refractivity contribution >= 4 is 16.8 Å². The SMILES string of the molecule is CC(C)(C(=O)NCC1(c2ccccn2)CCCCC1)c1c[nH]c2ccccc12. The average molecular weight is 376 g/mol. The maximum absolute atomic E-state index is 13.3. The summed E-state index contributed by atoms with van der Waals surface area (Å²) in [5, 5.41) is 4.40. The third-order valence-corrected chi connectivity index (χ3v) is 6.44. The Hall–Kier alpha value is -2.62. The van der Waals surface area contributed by atoms with Gasteiger partial charge in [-0.25, -0.2) is 0 Å². The van der Waals surface area contributed by atoms with E-state index in [0.29, 0.717) is 6.54 Å². The molecule has 146 valence electrons. The van der Waals surface area contributed by atoms with Gasteiger partial charge in [0, 0.05) is 41.0 Å². The van der Waals surface area contributed by atoms with Crippen LogP contribution in [0.4, 0.5) is 0 Å². The largest absolute Gasteiger partial charge is 0.361 e. The van der Waals surface area contributed by atoms with Gasteiger partial charge in [0.2, 0.25) is 5.91 Å². The Morgan fingerprint density at radius 1 is 1.11 bits per heavy atom. The second-order valence-corrected chi connectivity index (χ2v) is 8.61. The smallest absolute Gasteiger partial charge is 0.230 e. The fourth-order valence-electron chi connectivity index (χ4n) is 4.61. The fraction of sp³-hybridized carbons (Fsp3) is 0.417. The summed E-state index contributed by atoms with van der Waals surface area (Å²) in [6.07, 6.45) is 9.65. The number of hydrogen-bond donors (Lipinski definition) is 2. The Morgan fingerprint density at radius 3 is 2.61 bits per heavy atom. The first kappa shape index (κ1) is 18.7. The lowest BCUT2D eigenvalue weighted by atomic mass is 9.71. The summed E-state index contributed by atoms with van der Waals surface area (Å²) in [7, 11) is 0. The molecule has 1 aliphatic carbocycles. The molecule has 0 radical (unpaired) electrons. The Balaban J connectivity index is 1.56. The van der Waals surface area contributed by atoms with Gasteiger partial charge in [-0.15, -0.1) is 0 Å². The molecule has 4 rings (SSSR count). The number of amides is 1. The highest BCUT2D eigenvalue weighted by molar-refractivity contribution is 5.94. The number of benzene rings is 1. The highest BCUT2D eigenvalue weighted by Gasteiger charge is 2.38. The number of aromatic amines is 1. The summed E-state index contributed by atoms with van der Waals surface area (Å²) in [4.78, 5) is 21.2. The van der Waals surface area contributed by atoms with Gasteiger partial charge in [0.1, 0.15) is 0 Å². The minimum atomic E-state index is -0.612. The maximum Gasteiger partial charge on any atom is 0.230 e. The molecule has 4 heteroatoms. The lowest BCUT2D eigenvalue weighted by Gasteiger charge is -2.38. The van der Waals surface area contributed by atoms with Crippen molar-refractivity contribution in [1.29, 1.82) is 0 Å². The molecule has 4 nitrogen and oxygen atoms in total. The Bertz CT molecular complexity index is 952. The molecule has 28 heavy (non-hydrogen) atoms. The Labute approximate surface area is 166 Å². The van der Waals surface area contributed by atoms with Crippen molar-refractivity contribution in [2.24, 2.45) is 0 Å². The minimum absolute atomic E-state index is 0.0501. The monoisotopic (exact) mass is 375 g/mol. The molecule has 1 aromatic carbocycles. The topological polar surface area (TPSA) is 57.8 Å². The number of H-pyrrole nitrogens is 1. The number of nitrogens with zero attached hydrogens (tertiary/aromatic N) is 1. The molecule has 1 amide bonds. The minimum Gasteiger partial charge on any atom is -0.361 e. The van der Waals surface area contributed by atoms with Crippen LogP contribution in [0.5, 0.6) is 0 Å². The number of nitrogens with one attached hydrogen (secondary N) is 2. The van der Waals surface area contributed by atoms with Crippen molar-refractivity contribution in [3.63, 3.8) is 0 Å². The van der Waals surface area contributed by atoms with Crippen LogP contribution in [-0.2, 0) is 15.6 Å². The van der Waals surface area contributed by atoms with Gasteiger partial charge in [-0.3, -0.25) is 9.78 Å². The van der Waals surface area contributed by atoms with Crippen molar-refractivity contribution in [1.82, 2.24) is 15.3 Å². The molecule has 1 fully saturated rings. The molecule has 0 atom stereocenters. The van der Waals surface area contributed by atoms with Gasteiger partial charge in [0.15, 0.2) is 0 Å². The van der Waals surface area contributed by atoms with E-state index in [-0.39, 0.29) is 11.3 Å². The molecule has 0 unspecified atom stereocenters. The first-order chi connectivity index (χ1) is 13.5. The molecule has 0 spiro atoms. The maximum atomic E-state index is 13.3. The quantitative estimate of drug-likeness (QED) is 0.669. The van der Waals surface area contributed by atoms with Crippen LogP contribution in [0.2, 0.25) is 0 Å². The first-order valence-electron chi connectivity index (χ1n) is 10.3. The molecule has 1 saturated carbocycles. The predicted octanol–water partition coefficient (Wildman–Crippen LogP) is 4.86. The van der Waals surface area contributed by atoms with Gasteiger partial charge in [0.25, 0.3) is 0 Å². The van der Waals surface area contributed by atoms with Crippen LogP contribution in [0.25, 0.3) is 10.9 Å². The summed E-state index contributed by atoms with van der Waals surface area (Å²) in [6, 6.07) is 14.3. The van der Waals surface area contributed by atoms with Gasteiger partial charge in [0.05, 0.1) is 5.41 Å². The second-order valence-electron chi connectivity index (χ2n) is 8.61. The average Bonchev–Trinajstić information content (AvgIpc) is 3.18. The van der Waals surface area contributed by atoms with E-state index in [1.165, 1.54) is 19.3 Å². The standard InChI is InChI=1S/C24H29N3O/c1-23(2,19-16-26-20-11-5-4-10-18(19)20)22(28)27-17-24(13-7-3-8-14-24)21-12-6-9-15-25-21/h4-6,9-12,15-16,26H,3,7-8,13-14,17H2,1-2H3,(H,27,28). The number of carbonyl (C=O) groups excluding carboxylic acids is 1. The molecule has 0 aliphatic heterocycles. The predicted molar refractivity (Wildman–Crippen MR) is 113 cm³/mol. The zero-order chi connectivity index (χ0) is 19.6. The van der Waals surface area contributed by atoms with E-state index >= 15 is 0 Å². The second kappa shape index (κ2) is 7.42. The number of carbonyl (C=O) groups is 1. The molecular formula is C24H29N3O. The van der Waals surface area contributed by atoms with Gasteiger partial charge in [-0.1, -0.05) is 43.5 Å². The van der Waals surface area contributed by atoms with Crippen LogP contribution in [0.1, 0.15) is 57.2 Å². The summed E-state index contributed by atoms with van der Waals surface area (Å²) >= 11 is 0. The molecule has 1 aliphatic rings. The number of aromatic nitrogens is 2. The van der Waals surface area contributed by atoms with E-state index in [1.807, 2.05) is 50.5 Å². The highest BCUT2D eigenvalue weighted by atomic mass is 16.2. The van der Waals surface area contributed by atoms with Crippen LogP contribution < -0.4 is 5.32 Å². The van der Waals surface area contributed by atoms with E-state index in [4.69, 9.17) is 0 Å². The number of pyridine rings is 1. The number of hydrogen-bond acceptors (Lipinski definition) is 2. The van der Waals surface area contributed by atoms with Gasteiger partial charge >= 0.3 is 0 Å². The summed E-state index contributed by atoms with van der Waals surface area (Å²) in [5.74, 6) is 0.0677. The number of rotatable bonds is 5. The fourth-order valence-corrected chi connectivity index (χ4v) is 4.61. The van der Waals surface area contributed by atoms with Crippen LogP contribution >= 0.6 is 0 Å². The number of para-hydroxylation sites is 1. The zero-order valence-corrected chi connectivity index (χ0v) is 16.8.